The minimum Gasteiger partial charge on any atom is -0.462 e. The maximum absolute atomic E-state index is 12.7. The van der Waals surface area contributed by atoms with E-state index in [2.05, 4.69) is 106 Å². The number of esters is 3. The van der Waals surface area contributed by atoms with Crippen LogP contribution in [0.3, 0.4) is 0 Å². The van der Waals surface area contributed by atoms with E-state index in [1.807, 2.05) is 0 Å². The number of carbonyl (C=O) groups is 3. The van der Waals surface area contributed by atoms with E-state index in [1.54, 1.807) is 0 Å². The third-order valence-electron chi connectivity index (χ3n) is 11.9. The molecule has 0 aromatic rings. The molecule has 0 fully saturated rings. The molecule has 0 aromatic heterocycles. The number of hydrogen-bond acceptors (Lipinski definition) is 6. The number of hydrogen-bond donors (Lipinski definition) is 0. The van der Waals surface area contributed by atoms with E-state index in [1.165, 1.54) is 116 Å². The van der Waals surface area contributed by atoms with E-state index >= 15 is 0 Å². The van der Waals surface area contributed by atoms with Crippen LogP contribution in [0.4, 0.5) is 0 Å². The lowest BCUT2D eigenvalue weighted by Gasteiger charge is -2.18. The molecule has 0 N–H and O–H groups in total. The molecule has 0 amide bonds. The van der Waals surface area contributed by atoms with E-state index in [9.17, 15) is 14.4 Å². The minimum absolute atomic E-state index is 0.0746. The van der Waals surface area contributed by atoms with Crippen LogP contribution in [0, 0.1) is 0 Å². The first kappa shape index (κ1) is 63.6. The highest BCUT2D eigenvalue weighted by molar-refractivity contribution is 5.71. The molecular formula is C61H104O6. The second-order valence-corrected chi connectivity index (χ2v) is 18.5. The Morgan fingerprint density at radius 1 is 0.313 bits per heavy atom. The van der Waals surface area contributed by atoms with Gasteiger partial charge in [0, 0.05) is 19.3 Å². The third kappa shape index (κ3) is 53.4. The Labute approximate surface area is 414 Å². The zero-order valence-electron chi connectivity index (χ0n) is 43.9. The van der Waals surface area contributed by atoms with Gasteiger partial charge in [-0.05, 0) is 77.0 Å². The number of unbranched alkanes of at least 4 members (excludes halogenated alkanes) is 25. The molecule has 0 bridgehead atoms. The van der Waals surface area contributed by atoms with Crippen LogP contribution in [0.25, 0.3) is 0 Å². The van der Waals surface area contributed by atoms with E-state index in [0.29, 0.717) is 19.3 Å². The lowest BCUT2D eigenvalue weighted by molar-refractivity contribution is -0.167. The van der Waals surface area contributed by atoms with Crippen molar-refractivity contribution in [2.75, 3.05) is 13.2 Å². The fraction of sp³-hybridized carbons (Fsp3) is 0.721. The molecule has 0 aliphatic heterocycles. The van der Waals surface area contributed by atoms with Gasteiger partial charge in [0.05, 0.1) is 0 Å². The van der Waals surface area contributed by atoms with Crippen LogP contribution in [-0.2, 0) is 28.6 Å². The van der Waals surface area contributed by atoms with Crippen LogP contribution in [-0.4, -0.2) is 37.2 Å². The molecule has 0 heterocycles. The second-order valence-electron chi connectivity index (χ2n) is 18.5. The van der Waals surface area contributed by atoms with Crippen LogP contribution >= 0.6 is 0 Å². The third-order valence-corrected chi connectivity index (χ3v) is 11.9. The molecule has 6 heteroatoms. The highest BCUT2D eigenvalue weighted by Gasteiger charge is 2.19. The fourth-order valence-electron chi connectivity index (χ4n) is 7.72. The molecule has 384 valence electrons. The van der Waals surface area contributed by atoms with Crippen molar-refractivity contribution >= 4 is 17.9 Å². The molecule has 0 aliphatic rings. The normalized spacial score (nSPS) is 12.7. The molecule has 1 unspecified atom stereocenters. The molecule has 0 rings (SSSR count). The summed E-state index contributed by atoms with van der Waals surface area (Å²) in [5, 5.41) is 0. The van der Waals surface area contributed by atoms with Crippen LogP contribution in [0.2, 0.25) is 0 Å². The zero-order valence-corrected chi connectivity index (χ0v) is 43.9. The molecule has 0 radical (unpaired) electrons. The van der Waals surface area contributed by atoms with Crippen molar-refractivity contribution < 1.29 is 28.6 Å². The summed E-state index contributed by atoms with van der Waals surface area (Å²) in [5.74, 6) is -0.884. The summed E-state index contributed by atoms with van der Waals surface area (Å²) in [7, 11) is 0. The Morgan fingerprint density at radius 2 is 0.582 bits per heavy atom. The predicted octanol–water partition coefficient (Wildman–Crippen LogP) is 18.8. The first-order chi connectivity index (χ1) is 33.0. The Morgan fingerprint density at radius 3 is 0.910 bits per heavy atom. The quantitative estimate of drug-likeness (QED) is 0.0262. The van der Waals surface area contributed by atoms with Gasteiger partial charge in [-0.15, -0.1) is 0 Å². The molecule has 0 saturated heterocycles. The monoisotopic (exact) mass is 933 g/mol. The Kier molecular flexibility index (Phi) is 52.4. The largest absolute Gasteiger partial charge is 0.462 e. The Hall–Kier alpha value is -3.41. The predicted molar refractivity (Wildman–Crippen MR) is 288 cm³/mol. The van der Waals surface area contributed by atoms with Crippen LogP contribution in [0.15, 0.2) is 85.1 Å². The average Bonchev–Trinajstić information content (AvgIpc) is 3.33. The lowest BCUT2D eigenvalue weighted by atomic mass is 10.1. The van der Waals surface area contributed by atoms with Crippen molar-refractivity contribution in [3.63, 3.8) is 0 Å². The summed E-state index contributed by atoms with van der Waals surface area (Å²) in [6, 6.07) is 0. The second kappa shape index (κ2) is 55.2. The Balaban J connectivity index is 4.09. The zero-order chi connectivity index (χ0) is 48.6. The summed E-state index contributed by atoms with van der Waals surface area (Å²) in [6.07, 6.45) is 71.7. The minimum atomic E-state index is -0.772. The van der Waals surface area contributed by atoms with Gasteiger partial charge < -0.3 is 14.2 Å². The van der Waals surface area contributed by atoms with Gasteiger partial charge in [0.1, 0.15) is 13.2 Å². The van der Waals surface area contributed by atoms with Gasteiger partial charge in [-0.1, -0.05) is 254 Å². The standard InChI is InChI=1S/C61H104O6/c1-4-7-10-13-16-19-20-21-22-23-24-25-26-27-28-29-30-31-32-33-34-35-36-37-38-39-40-43-45-48-51-54-60(63)66-57-58(67-61(64)55-52-49-46-42-18-15-12-9-6-3)56-65-59(62)53-50-47-44-41-17-14-11-8-5-2/h7,10,16,19,21-22,24-25,27-28,30-31,33-34,58H,4-6,8-9,11-15,17-18,20,23,26,29,32,35-57H2,1-3H3/b10-7-,19-16-,22-21-,25-24-,28-27-,31-30-,34-33-. The van der Waals surface area contributed by atoms with Gasteiger partial charge in [0.25, 0.3) is 0 Å². The van der Waals surface area contributed by atoms with Gasteiger partial charge in [-0.2, -0.15) is 0 Å². The maximum Gasteiger partial charge on any atom is 0.306 e. The van der Waals surface area contributed by atoms with Gasteiger partial charge in [-0.25, -0.2) is 0 Å². The van der Waals surface area contributed by atoms with Gasteiger partial charge >= 0.3 is 17.9 Å². The topological polar surface area (TPSA) is 78.9 Å². The Bertz CT molecular complexity index is 1300. The van der Waals surface area contributed by atoms with E-state index in [4.69, 9.17) is 14.2 Å². The number of ether oxygens (including phenoxy) is 3. The van der Waals surface area contributed by atoms with E-state index in [0.717, 1.165) is 109 Å². The summed E-state index contributed by atoms with van der Waals surface area (Å²) in [5.41, 5.74) is 0. The molecule has 67 heavy (non-hydrogen) atoms. The first-order valence-electron chi connectivity index (χ1n) is 28.1. The van der Waals surface area contributed by atoms with Gasteiger partial charge in [0.2, 0.25) is 0 Å². The van der Waals surface area contributed by atoms with Crippen molar-refractivity contribution in [2.45, 2.75) is 271 Å². The lowest BCUT2D eigenvalue weighted by Crippen LogP contribution is -2.30. The molecule has 0 aliphatic carbocycles. The summed E-state index contributed by atoms with van der Waals surface area (Å²) in [6.45, 7) is 6.48. The first-order valence-corrected chi connectivity index (χ1v) is 28.1. The van der Waals surface area contributed by atoms with Crippen molar-refractivity contribution in [1.82, 2.24) is 0 Å². The van der Waals surface area contributed by atoms with Crippen LogP contribution in [0.5, 0.6) is 0 Å². The fourth-order valence-corrected chi connectivity index (χ4v) is 7.72. The van der Waals surface area contributed by atoms with Crippen LogP contribution < -0.4 is 0 Å². The number of rotatable bonds is 50. The van der Waals surface area contributed by atoms with Crippen molar-refractivity contribution in [3.05, 3.63) is 85.1 Å². The maximum atomic E-state index is 12.7. The summed E-state index contributed by atoms with van der Waals surface area (Å²) in [4.78, 5) is 37.8. The molecule has 0 saturated carbocycles. The smallest absolute Gasteiger partial charge is 0.306 e. The highest BCUT2D eigenvalue weighted by atomic mass is 16.6. The molecule has 1 atom stereocenters. The molecule has 0 spiro atoms. The molecular weight excluding hydrogens is 829 g/mol. The van der Waals surface area contributed by atoms with Gasteiger partial charge in [0.15, 0.2) is 6.10 Å². The number of allylic oxidation sites excluding steroid dienone is 14. The average molecular weight is 933 g/mol. The number of carbonyl (C=O) groups excluding carboxylic acids is 3. The SMILES string of the molecule is CC/C=C\C/C=C\C/C=C\C/C=C\C/C=C\C/C=C\C/C=C\CCCCCCCCCCCC(=O)OCC(COC(=O)CCCCCCCCCCC)OC(=O)CCCCCCCCCCC. The van der Waals surface area contributed by atoms with E-state index in [-0.39, 0.29) is 31.1 Å². The van der Waals surface area contributed by atoms with Crippen LogP contribution in [0.1, 0.15) is 265 Å². The van der Waals surface area contributed by atoms with E-state index < -0.39 is 6.10 Å². The highest BCUT2D eigenvalue weighted by Crippen LogP contribution is 2.15. The van der Waals surface area contributed by atoms with Crippen molar-refractivity contribution in [2.24, 2.45) is 0 Å². The molecule has 6 nitrogen and oxygen atoms in total. The summed E-state index contributed by atoms with van der Waals surface area (Å²) < 4.78 is 16.7. The molecule has 0 aromatic carbocycles. The van der Waals surface area contributed by atoms with Gasteiger partial charge in [-0.3, -0.25) is 14.4 Å². The van der Waals surface area contributed by atoms with Crippen molar-refractivity contribution in [1.29, 1.82) is 0 Å². The summed E-state index contributed by atoms with van der Waals surface area (Å²) >= 11 is 0. The van der Waals surface area contributed by atoms with Crippen molar-refractivity contribution in [3.8, 4) is 0 Å².